The number of rotatable bonds is 1. The Kier molecular flexibility index (Phi) is 3.27. The van der Waals surface area contributed by atoms with E-state index in [4.69, 9.17) is 0 Å². The third kappa shape index (κ3) is 2.72. The van der Waals surface area contributed by atoms with Gasteiger partial charge >= 0.3 is 0 Å². The molecule has 1 aromatic rings. The van der Waals surface area contributed by atoms with Crippen LogP contribution in [0.4, 0.5) is 0 Å². The Bertz CT molecular complexity index is 324. The van der Waals surface area contributed by atoms with E-state index >= 15 is 0 Å². The van der Waals surface area contributed by atoms with Crippen molar-refractivity contribution in [2.24, 2.45) is 0 Å². The van der Waals surface area contributed by atoms with Crippen molar-refractivity contribution in [3.05, 3.63) is 29.8 Å². The average molecular weight is 205 g/mol. The van der Waals surface area contributed by atoms with Crippen LogP contribution in [-0.2, 0) is 0 Å². The minimum atomic E-state index is 0.394. The zero-order chi connectivity index (χ0) is 10.7. The Labute approximate surface area is 91.5 Å². The molecule has 1 N–H and O–H groups in total. The number of aromatic hydroxyl groups is 1. The normalized spacial score (nSPS) is 23.7. The Morgan fingerprint density at radius 2 is 2.13 bits per heavy atom. The minimum absolute atomic E-state index is 0.394. The third-order valence-corrected chi connectivity index (χ3v) is 3.29. The van der Waals surface area contributed by atoms with Gasteiger partial charge in [0.1, 0.15) is 5.75 Å². The molecule has 1 aliphatic heterocycles. The zero-order valence-corrected chi connectivity index (χ0v) is 9.32. The van der Waals surface area contributed by atoms with Crippen LogP contribution in [0.1, 0.15) is 30.7 Å². The van der Waals surface area contributed by atoms with Crippen molar-refractivity contribution in [3.8, 4) is 5.75 Å². The van der Waals surface area contributed by atoms with E-state index in [1.807, 2.05) is 12.1 Å². The third-order valence-electron chi connectivity index (χ3n) is 3.29. The molecule has 1 heterocycles. The quantitative estimate of drug-likeness (QED) is 0.761. The first kappa shape index (κ1) is 10.5. The molecule has 0 bridgehead atoms. The molecule has 1 unspecified atom stereocenters. The molecule has 0 aliphatic carbocycles. The van der Waals surface area contributed by atoms with Crippen molar-refractivity contribution in [1.82, 2.24) is 4.90 Å². The Morgan fingerprint density at radius 3 is 2.93 bits per heavy atom. The van der Waals surface area contributed by atoms with Gasteiger partial charge in [-0.2, -0.15) is 0 Å². The summed E-state index contributed by atoms with van der Waals surface area (Å²) in [4.78, 5) is 2.39. The lowest BCUT2D eigenvalue weighted by atomic mass is 9.92. The fraction of sp³-hybridized carbons (Fsp3) is 0.538. The first-order valence-corrected chi connectivity index (χ1v) is 5.73. The largest absolute Gasteiger partial charge is 0.508 e. The van der Waals surface area contributed by atoms with Crippen LogP contribution in [-0.4, -0.2) is 30.1 Å². The van der Waals surface area contributed by atoms with E-state index in [1.165, 1.54) is 37.9 Å². The number of likely N-dealkylation sites (tertiary alicyclic amines) is 1. The molecular formula is C13H19NO. The highest BCUT2D eigenvalue weighted by atomic mass is 16.3. The highest BCUT2D eigenvalue weighted by Gasteiger charge is 2.16. The summed E-state index contributed by atoms with van der Waals surface area (Å²) in [7, 11) is 2.19. The molecule has 2 heteroatoms. The maximum atomic E-state index is 9.46. The average Bonchev–Trinajstić information content (AvgIpc) is 2.43. The van der Waals surface area contributed by atoms with Crippen molar-refractivity contribution < 1.29 is 5.11 Å². The fourth-order valence-electron chi connectivity index (χ4n) is 2.35. The van der Waals surface area contributed by atoms with Crippen molar-refractivity contribution in [1.29, 1.82) is 0 Å². The molecule has 1 atom stereocenters. The molecule has 0 radical (unpaired) electrons. The number of hydrogen-bond acceptors (Lipinski definition) is 2. The highest BCUT2D eigenvalue weighted by Crippen LogP contribution is 2.29. The van der Waals surface area contributed by atoms with Gasteiger partial charge in [0.25, 0.3) is 0 Å². The molecule has 2 nitrogen and oxygen atoms in total. The maximum Gasteiger partial charge on any atom is 0.115 e. The second-order valence-corrected chi connectivity index (χ2v) is 4.53. The molecule has 0 spiro atoms. The van der Waals surface area contributed by atoms with Gasteiger partial charge in [-0.1, -0.05) is 12.1 Å². The Hall–Kier alpha value is -1.02. The summed E-state index contributed by atoms with van der Waals surface area (Å²) in [6.07, 6.45) is 3.71. The van der Waals surface area contributed by atoms with Crippen LogP contribution in [0.25, 0.3) is 0 Å². The summed E-state index contributed by atoms with van der Waals surface area (Å²) in [5, 5.41) is 9.46. The molecule has 82 valence electrons. The molecule has 15 heavy (non-hydrogen) atoms. The van der Waals surface area contributed by atoms with Crippen molar-refractivity contribution in [2.45, 2.75) is 25.2 Å². The van der Waals surface area contributed by atoms with Gasteiger partial charge in [0.15, 0.2) is 0 Å². The number of phenols is 1. The van der Waals surface area contributed by atoms with E-state index in [0.717, 1.165) is 0 Å². The van der Waals surface area contributed by atoms with E-state index in [0.29, 0.717) is 11.7 Å². The molecular weight excluding hydrogens is 186 g/mol. The molecule has 1 fully saturated rings. The zero-order valence-electron chi connectivity index (χ0n) is 9.32. The van der Waals surface area contributed by atoms with Gasteiger partial charge in [-0.25, -0.2) is 0 Å². The van der Waals surface area contributed by atoms with E-state index in [1.54, 1.807) is 6.07 Å². The highest BCUT2D eigenvalue weighted by molar-refractivity contribution is 5.29. The lowest BCUT2D eigenvalue weighted by Crippen LogP contribution is -2.18. The second-order valence-electron chi connectivity index (χ2n) is 4.53. The van der Waals surface area contributed by atoms with Crippen LogP contribution in [0.5, 0.6) is 5.75 Å². The number of benzene rings is 1. The lowest BCUT2D eigenvalue weighted by Gasteiger charge is -2.15. The summed E-state index contributed by atoms with van der Waals surface area (Å²) < 4.78 is 0. The molecule has 0 aromatic heterocycles. The van der Waals surface area contributed by atoms with Gasteiger partial charge in [0, 0.05) is 0 Å². The van der Waals surface area contributed by atoms with Gasteiger partial charge < -0.3 is 10.0 Å². The van der Waals surface area contributed by atoms with E-state index in [-0.39, 0.29) is 0 Å². The van der Waals surface area contributed by atoms with Gasteiger partial charge in [-0.05, 0) is 63.0 Å². The second kappa shape index (κ2) is 4.67. The number of hydrogen-bond donors (Lipinski definition) is 1. The van der Waals surface area contributed by atoms with Crippen molar-refractivity contribution in [2.75, 3.05) is 20.1 Å². The smallest absolute Gasteiger partial charge is 0.115 e. The standard InChI is InChI=1S/C13H19NO/c1-14-8-3-5-11(7-9-14)12-4-2-6-13(15)10-12/h2,4,6,10-11,15H,3,5,7-9H2,1H3. The van der Waals surface area contributed by atoms with Gasteiger partial charge in [0.2, 0.25) is 0 Å². The maximum absolute atomic E-state index is 9.46. The minimum Gasteiger partial charge on any atom is -0.508 e. The van der Waals surface area contributed by atoms with Crippen LogP contribution in [0.3, 0.4) is 0 Å². The van der Waals surface area contributed by atoms with Gasteiger partial charge in [0.05, 0.1) is 0 Å². The predicted molar refractivity (Wildman–Crippen MR) is 62.2 cm³/mol. The SMILES string of the molecule is CN1CCCC(c2cccc(O)c2)CC1. The molecule has 0 amide bonds. The first-order chi connectivity index (χ1) is 7.25. The fourth-order valence-corrected chi connectivity index (χ4v) is 2.35. The molecule has 1 aliphatic rings. The lowest BCUT2D eigenvalue weighted by molar-refractivity contribution is 0.347. The first-order valence-electron chi connectivity index (χ1n) is 5.73. The van der Waals surface area contributed by atoms with Crippen LogP contribution in [0.2, 0.25) is 0 Å². The summed E-state index contributed by atoms with van der Waals surface area (Å²) >= 11 is 0. The summed E-state index contributed by atoms with van der Waals surface area (Å²) in [5.74, 6) is 1.02. The van der Waals surface area contributed by atoms with Crippen molar-refractivity contribution in [3.63, 3.8) is 0 Å². The Morgan fingerprint density at radius 1 is 1.27 bits per heavy atom. The van der Waals surface area contributed by atoms with Crippen molar-refractivity contribution >= 4 is 0 Å². The van der Waals surface area contributed by atoms with E-state index in [2.05, 4.69) is 18.0 Å². The Balaban J connectivity index is 2.09. The molecule has 1 saturated heterocycles. The summed E-state index contributed by atoms with van der Waals surface area (Å²) in [6.45, 7) is 2.37. The molecule has 1 aromatic carbocycles. The molecule has 2 rings (SSSR count). The summed E-state index contributed by atoms with van der Waals surface area (Å²) in [5.41, 5.74) is 1.30. The van der Waals surface area contributed by atoms with E-state index in [9.17, 15) is 5.11 Å². The van der Waals surface area contributed by atoms with Gasteiger partial charge in [-0.15, -0.1) is 0 Å². The van der Waals surface area contributed by atoms with Gasteiger partial charge in [-0.3, -0.25) is 0 Å². The topological polar surface area (TPSA) is 23.5 Å². The van der Waals surface area contributed by atoms with E-state index < -0.39 is 0 Å². The van der Waals surface area contributed by atoms with Crippen LogP contribution in [0, 0.1) is 0 Å². The molecule has 0 saturated carbocycles. The van der Waals surface area contributed by atoms with Crippen LogP contribution < -0.4 is 0 Å². The summed E-state index contributed by atoms with van der Waals surface area (Å²) in [6, 6.07) is 7.73. The monoisotopic (exact) mass is 205 g/mol. The number of nitrogens with zero attached hydrogens (tertiary/aromatic N) is 1. The number of phenolic OH excluding ortho intramolecular Hbond substituents is 1. The van der Waals surface area contributed by atoms with Crippen LogP contribution in [0.15, 0.2) is 24.3 Å². The van der Waals surface area contributed by atoms with Crippen LogP contribution >= 0.6 is 0 Å². The predicted octanol–water partition coefficient (Wildman–Crippen LogP) is 2.59.